The zero-order valence-electron chi connectivity index (χ0n) is 16.6. The minimum atomic E-state index is 0.451. The molecule has 0 radical (unpaired) electrons. The standard InChI is InChI=1S/C22H34N4/c1-16(2)19-15-23-26-21(18-13-7-4-3-5-8-14-18)24-20(25-22(19)26)17-11-9-6-10-12-17/h15-18H,3-14H2,1-2H3. The molecule has 0 spiro atoms. The summed E-state index contributed by atoms with van der Waals surface area (Å²) < 4.78 is 2.09. The lowest BCUT2D eigenvalue weighted by Gasteiger charge is -2.24. The minimum Gasteiger partial charge on any atom is -0.217 e. The summed E-state index contributed by atoms with van der Waals surface area (Å²) in [7, 11) is 0. The second kappa shape index (κ2) is 8.06. The summed E-state index contributed by atoms with van der Waals surface area (Å²) in [5.74, 6) is 3.85. The van der Waals surface area contributed by atoms with Gasteiger partial charge >= 0.3 is 0 Å². The first-order valence-corrected chi connectivity index (χ1v) is 11.0. The first-order valence-electron chi connectivity index (χ1n) is 11.0. The summed E-state index contributed by atoms with van der Waals surface area (Å²) in [6.45, 7) is 4.49. The molecule has 0 atom stereocenters. The van der Waals surface area contributed by atoms with Crippen LogP contribution in [0.1, 0.15) is 126 Å². The van der Waals surface area contributed by atoms with Gasteiger partial charge in [0.2, 0.25) is 0 Å². The van der Waals surface area contributed by atoms with Crippen molar-refractivity contribution in [2.75, 3.05) is 0 Å². The Labute approximate surface area is 157 Å². The molecule has 26 heavy (non-hydrogen) atoms. The van der Waals surface area contributed by atoms with Crippen LogP contribution in [-0.2, 0) is 0 Å². The van der Waals surface area contributed by atoms with Crippen molar-refractivity contribution in [2.24, 2.45) is 0 Å². The molecule has 4 heteroatoms. The molecule has 2 saturated carbocycles. The van der Waals surface area contributed by atoms with E-state index in [0.29, 0.717) is 17.8 Å². The van der Waals surface area contributed by atoms with Gasteiger partial charge in [0.15, 0.2) is 5.65 Å². The van der Waals surface area contributed by atoms with Crippen LogP contribution in [0.2, 0.25) is 0 Å². The average Bonchev–Trinajstić information content (AvgIpc) is 3.06. The predicted molar refractivity (Wildman–Crippen MR) is 106 cm³/mol. The van der Waals surface area contributed by atoms with E-state index < -0.39 is 0 Å². The van der Waals surface area contributed by atoms with Crippen LogP contribution in [0.15, 0.2) is 6.20 Å². The highest BCUT2D eigenvalue weighted by atomic mass is 15.3. The summed E-state index contributed by atoms with van der Waals surface area (Å²) in [6, 6.07) is 0. The number of aromatic nitrogens is 4. The van der Waals surface area contributed by atoms with E-state index in [1.807, 2.05) is 6.20 Å². The minimum absolute atomic E-state index is 0.451. The summed E-state index contributed by atoms with van der Waals surface area (Å²) >= 11 is 0. The van der Waals surface area contributed by atoms with Crippen molar-refractivity contribution in [3.8, 4) is 0 Å². The summed E-state index contributed by atoms with van der Waals surface area (Å²) in [4.78, 5) is 10.2. The molecular weight excluding hydrogens is 320 g/mol. The number of nitrogens with zero attached hydrogens (tertiary/aromatic N) is 4. The quantitative estimate of drug-likeness (QED) is 0.666. The second-order valence-electron chi connectivity index (χ2n) is 8.81. The molecular formula is C22H34N4. The summed E-state index contributed by atoms with van der Waals surface area (Å²) in [5, 5.41) is 4.75. The Morgan fingerprint density at radius 2 is 1.38 bits per heavy atom. The molecule has 4 nitrogen and oxygen atoms in total. The van der Waals surface area contributed by atoms with Gasteiger partial charge in [-0.05, 0) is 31.6 Å². The van der Waals surface area contributed by atoms with Gasteiger partial charge in [0, 0.05) is 17.4 Å². The smallest absolute Gasteiger partial charge is 0.162 e. The van der Waals surface area contributed by atoms with Gasteiger partial charge in [0.05, 0.1) is 6.20 Å². The molecule has 0 N–H and O–H groups in total. The number of rotatable bonds is 3. The van der Waals surface area contributed by atoms with Crippen molar-refractivity contribution in [3.63, 3.8) is 0 Å². The molecule has 142 valence electrons. The van der Waals surface area contributed by atoms with Crippen LogP contribution in [0.25, 0.3) is 5.65 Å². The Hall–Kier alpha value is -1.45. The van der Waals surface area contributed by atoms with Gasteiger partial charge in [0.25, 0.3) is 0 Å². The molecule has 0 unspecified atom stereocenters. The molecule has 0 bridgehead atoms. The molecule has 0 aromatic carbocycles. The van der Waals surface area contributed by atoms with E-state index in [1.165, 1.54) is 88.4 Å². The first kappa shape index (κ1) is 17.9. The van der Waals surface area contributed by atoms with E-state index in [0.717, 1.165) is 11.5 Å². The van der Waals surface area contributed by atoms with E-state index in [1.54, 1.807) is 0 Å². The van der Waals surface area contributed by atoms with Crippen LogP contribution in [0.4, 0.5) is 0 Å². The Balaban J connectivity index is 1.78. The zero-order chi connectivity index (χ0) is 17.9. The lowest BCUT2D eigenvalue weighted by Crippen LogP contribution is -2.17. The molecule has 2 heterocycles. The molecule has 0 saturated heterocycles. The molecule has 0 amide bonds. The van der Waals surface area contributed by atoms with Crippen LogP contribution in [0, 0.1) is 0 Å². The van der Waals surface area contributed by atoms with Gasteiger partial charge in [-0.15, -0.1) is 0 Å². The van der Waals surface area contributed by atoms with Crippen LogP contribution in [-0.4, -0.2) is 19.6 Å². The Kier molecular flexibility index (Phi) is 5.56. The van der Waals surface area contributed by atoms with Gasteiger partial charge in [-0.3, -0.25) is 0 Å². The van der Waals surface area contributed by atoms with E-state index in [4.69, 9.17) is 15.1 Å². The third-order valence-electron chi connectivity index (χ3n) is 6.50. The molecule has 2 aromatic rings. The molecule has 4 rings (SSSR count). The number of hydrogen-bond acceptors (Lipinski definition) is 3. The monoisotopic (exact) mass is 354 g/mol. The van der Waals surface area contributed by atoms with Crippen molar-refractivity contribution in [3.05, 3.63) is 23.4 Å². The van der Waals surface area contributed by atoms with E-state index >= 15 is 0 Å². The molecule has 2 aliphatic carbocycles. The normalized spacial score (nSPS) is 21.2. The molecule has 2 aromatic heterocycles. The first-order chi connectivity index (χ1) is 12.7. The topological polar surface area (TPSA) is 43.1 Å². The van der Waals surface area contributed by atoms with Crippen molar-refractivity contribution >= 4 is 5.65 Å². The van der Waals surface area contributed by atoms with Crippen LogP contribution < -0.4 is 0 Å². The number of hydrogen-bond donors (Lipinski definition) is 0. The largest absolute Gasteiger partial charge is 0.217 e. The third kappa shape index (κ3) is 3.65. The Morgan fingerprint density at radius 1 is 0.808 bits per heavy atom. The predicted octanol–water partition coefficient (Wildman–Crippen LogP) is 6.12. The highest BCUT2D eigenvalue weighted by Gasteiger charge is 2.25. The zero-order valence-corrected chi connectivity index (χ0v) is 16.6. The van der Waals surface area contributed by atoms with Crippen LogP contribution >= 0.6 is 0 Å². The average molecular weight is 355 g/mol. The highest BCUT2D eigenvalue weighted by Crippen LogP contribution is 2.35. The fourth-order valence-corrected chi connectivity index (χ4v) is 4.86. The van der Waals surface area contributed by atoms with E-state index in [9.17, 15) is 0 Å². The second-order valence-corrected chi connectivity index (χ2v) is 8.81. The summed E-state index contributed by atoms with van der Waals surface area (Å²) in [5.41, 5.74) is 2.35. The molecule has 2 fully saturated rings. The van der Waals surface area contributed by atoms with E-state index in [-0.39, 0.29) is 0 Å². The van der Waals surface area contributed by atoms with Gasteiger partial charge in [0.1, 0.15) is 11.6 Å². The van der Waals surface area contributed by atoms with Crippen molar-refractivity contribution in [1.82, 2.24) is 19.6 Å². The third-order valence-corrected chi connectivity index (χ3v) is 6.50. The maximum absolute atomic E-state index is 5.18. The fraction of sp³-hybridized carbons (Fsp3) is 0.773. The lowest BCUT2D eigenvalue weighted by atomic mass is 9.88. The lowest BCUT2D eigenvalue weighted by molar-refractivity contribution is 0.412. The number of fused-ring (bicyclic) bond motifs is 1. The van der Waals surface area contributed by atoms with Gasteiger partial charge in [-0.1, -0.05) is 65.2 Å². The van der Waals surface area contributed by atoms with Gasteiger partial charge in [-0.2, -0.15) is 5.10 Å². The van der Waals surface area contributed by atoms with Crippen LogP contribution in [0.5, 0.6) is 0 Å². The SMILES string of the molecule is CC(C)c1cnn2c(C3CCCCCCC3)nc(C3CCCCC3)nc12. The molecule has 0 aliphatic heterocycles. The van der Waals surface area contributed by atoms with Gasteiger partial charge in [-0.25, -0.2) is 14.5 Å². The maximum Gasteiger partial charge on any atom is 0.162 e. The Morgan fingerprint density at radius 3 is 2.04 bits per heavy atom. The highest BCUT2D eigenvalue weighted by molar-refractivity contribution is 5.49. The maximum atomic E-state index is 5.18. The van der Waals surface area contributed by atoms with Crippen LogP contribution in [0.3, 0.4) is 0 Å². The van der Waals surface area contributed by atoms with Crippen molar-refractivity contribution in [2.45, 2.75) is 109 Å². The summed E-state index contributed by atoms with van der Waals surface area (Å²) in [6.07, 6.45) is 17.9. The molecule has 2 aliphatic rings. The van der Waals surface area contributed by atoms with Gasteiger partial charge < -0.3 is 0 Å². The van der Waals surface area contributed by atoms with Crippen molar-refractivity contribution < 1.29 is 0 Å². The fourth-order valence-electron chi connectivity index (χ4n) is 4.86. The Bertz CT molecular complexity index is 719. The van der Waals surface area contributed by atoms with E-state index in [2.05, 4.69) is 18.4 Å². The van der Waals surface area contributed by atoms with Crippen molar-refractivity contribution in [1.29, 1.82) is 0 Å².